The lowest BCUT2D eigenvalue weighted by Gasteiger charge is -2.15. The summed E-state index contributed by atoms with van der Waals surface area (Å²) >= 11 is 0. The number of hydrogen-bond acceptors (Lipinski definition) is 5. The molecule has 0 bridgehead atoms. The number of carbonyl (C=O) groups is 1. The molecule has 1 N–H and O–H groups in total. The van der Waals surface area contributed by atoms with Crippen LogP contribution >= 0.6 is 0 Å². The highest BCUT2D eigenvalue weighted by Crippen LogP contribution is 2.24. The first kappa shape index (κ1) is 15.8. The van der Waals surface area contributed by atoms with E-state index in [1.54, 1.807) is 25.3 Å². The van der Waals surface area contributed by atoms with Crippen molar-refractivity contribution in [1.82, 2.24) is 19.9 Å². The number of benzene rings is 1. The van der Waals surface area contributed by atoms with Gasteiger partial charge in [-0.1, -0.05) is 6.07 Å². The summed E-state index contributed by atoms with van der Waals surface area (Å²) in [6.07, 6.45) is 1.86. The van der Waals surface area contributed by atoms with Crippen LogP contribution in [-0.2, 0) is 0 Å². The third-order valence-corrected chi connectivity index (χ3v) is 3.73. The molecule has 0 aliphatic heterocycles. The Morgan fingerprint density at radius 1 is 1.17 bits per heavy atom. The average molecular weight is 326 g/mol. The van der Waals surface area contributed by atoms with Gasteiger partial charge in [-0.05, 0) is 37.3 Å². The second kappa shape index (κ2) is 6.57. The van der Waals surface area contributed by atoms with Gasteiger partial charge in [-0.2, -0.15) is 0 Å². The first-order chi connectivity index (χ1) is 11.6. The zero-order valence-corrected chi connectivity index (χ0v) is 13.7. The molecule has 3 rings (SSSR count). The zero-order chi connectivity index (χ0) is 17.1. The van der Waals surface area contributed by atoms with E-state index in [1.165, 1.54) is 7.11 Å². The number of carbonyl (C=O) groups excluding carboxylic acids is 1. The van der Waals surface area contributed by atoms with Crippen molar-refractivity contribution in [2.45, 2.75) is 13.0 Å². The van der Waals surface area contributed by atoms with E-state index < -0.39 is 0 Å². The smallest absolute Gasteiger partial charge is 0.255 e. The Hall–Kier alpha value is -3.09. The van der Waals surface area contributed by atoms with Crippen LogP contribution in [0.1, 0.15) is 29.1 Å². The van der Waals surface area contributed by atoms with Gasteiger partial charge in [-0.25, -0.2) is 0 Å². The summed E-state index contributed by atoms with van der Waals surface area (Å²) in [6, 6.07) is 10.4. The number of pyridine rings is 1. The molecule has 0 aliphatic rings. The fourth-order valence-electron chi connectivity index (χ4n) is 2.49. The summed E-state index contributed by atoms with van der Waals surface area (Å²) < 4.78 is 12.3. The van der Waals surface area contributed by atoms with Crippen molar-refractivity contribution in [2.75, 3.05) is 14.2 Å². The van der Waals surface area contributed by atoms with Gasteiger partial charge in [0.25, 0.3) is 5.91 Å². The molecule has 1 amide bonds. The molecule has 0 saturated heterocycles. The Kier molecular flexibility index (Phi) is 4.33. The van der Waals surface area contributed by atoms with E-state index in [-0.39, 0.29) is 11.9 Å². The highest BCUT2D eigenvalue weighted by molar-refractivity contribution is 5.97. The predicted octanol–water partition coefficient (Wildman–Crippen LogP) is 2.24. The van der Waals surface area contributed by atoms with Gasteiger partial charge in [0.1, 0.15) is 11.5 Å². The molecule has 0 spiro atoms. The largest absolute Gasteiger partial charge is 0.497 e. The molecule has 7 heteroatoms. The molecule has 0 radical (unpaired) electrons. The molecule has 3 aromatic rings. The third kappa shape index (κ3) is 2.88. The minimum atomic E-state index is -0.328. The van der Waals surface area contributed by atoms with E-state index in [0.717, 1.165) is 5.65 Å². The number of methoxy groups -OCH3 is 2. The number of rotatable bonds is 5. The van der Waals surface area contributed by atoms with Crippen LogP contribution in [0, 0.1) is 0 Å². The summed E-state index contributed by atoms with van der Waals surface area (Å²) in [5, 5.41) is 11.2. The predicted molar refractivity (Wildman–Crippen MR) is 88.4 cm³/mol. The van der Waals surface area contributed by atoms with Gasteiger partial charge < -0.3 is 14.8 Å². The Morgan fingerprint density at radius 3 is 2.75 bits per heavy atom. The maximum atomic E-state index is 12.6. The molecular weight excluding hydrogens is 308 g/mol. The molecule has 1 unspecified atom stereocenters. The number of aromatic nitrogens is 3. The number of ether oxygens (including phenoxy) is 2. The summed E-state index contributed by atoms with van der Waals surface area (Å²) in [5.41, 5.74) is 1.13. The SMILES string of the molecule is COc1ccc(OC)c(C(=O)NC(C)c2nnc3ccccn23)c1. The van der Waals surface area contributed by atoms with E-state index in [1.807, 2.05) is 35.7 Å². The van der Waals surface area contributed by atoms with E-state index in [0.29, 0.717) is 22.9 Å². The lowest BCUT2D eigenvalue weighted by molar-refractivity contribution is 0.0934. The van der Waals surface area contributed by atoms with E-state index in [9.17, 15) is 4.79 Å². The molecule has 124 valence electrons. The Bertz CT molecular complexity index is 875. The zero-order valence-electron chi connectivity index (χ0n) is 13.7. The number of fused-ring (bicyclic) bond motifs is 1. The average Bonchev–Trinajstić information content (AvgIpc) is 3.05. The van der Waals surface area contributed by atoms with Crippen LogP contribution in [0.15, 0.2) is 42.6 Å². The summed E-state index contributed by atoms with van der Waals surface area (Å²) in [4.78, 5) is 12.6. The Labute approximate surface area is 139 Å². The van der Waals surface area contributed by atoms with E-state index >= 15 is 0 Å². The van der Waals surface area contributed by atoms with Crippen LogP contribution in [0.4, 0.5) is 0 Å². The third-order valence-electron chi connectivity index (χ3n) is 3.73. The van der Waals surface area contributed by atoms with Crippen LogP contribution in [0.5, 0.6) is 11.5 Å². The van der Waals surface area contributed by atoms with Crippen LogP contribution in [0.2, 0.25) is 0 Å². The minimum Gasteiger partial charge on any atom is -0.497 e. The maximum absolute atomic E-state index is 12.6. The second-order valence-electron chi connectivity index (χ2n) is 5.25. The lowest BCUT2D eigenvalue weighted by atomic mass is 10.1. The number of nitrogens with zero attached hydrogens (tertiary/aromatic N) is 3. The van der Waals surface area contributed by atoms with Gasteiger partial charge in [0.15, 0.2) is 11.5 Å². The monoisotopic (exact) mass is 326 g/mol. The van der Waals surface area contributed by atoms with Crippen molar-refractivity contribution in [3.05, 3.63) is 54.0 Å². The minimum absolute atomic E-state index is 0.272. The molecule has 0 fully saturated rings. The van der Waals surface area contributed by atoms with Crippen LogP contribution in [0.3, 0.4) is 0 Å². The molecule has 24 heavy (non-hydrogen) atoms. The first-order valence-corrected chi connectivity index (χ1v) is 7.46. The summed E-state index contributed by atoms with van der Waals surface area (Å²) in [5.74, 6) is 1.44. The van der Waals surface area contributed by atoms with Crippen molar-refractivity contribution in [1.29, 1.82) is 0 Å². The first-order valence-electron chi connectivity index (χ1n) is 7.46. The Balaban J connectivity index is 1.86. The second-order valence-corrected chi connectivity index (χ2v) is 5.25. The molecule has 0 saturated carbocycles. The molecule has 1 aromatic carbocycles. The number of nitrogens with one attached hydrogen (secondary N) is 1. The highest BCUT2D eigenvalue weighted by atomic mass is 16.5. The van der Waals surface area contributed by atoms with E-state index in [4.69, 9.17) is 9.47 Å². The number of amides is 1. The molecule has 1 atom stereocenters. The van der Waals surface area contributed by atoms with Gasteiger partial charge in [0, 0.05) is 6.20 Å². The fraction of sp³-hybridized carbons (Fsp3) is 0.235. The van der Waals surface area contributed by atoms with Crippen molar-refractivity contribution in [2.24, 2.45) is 0 Å². The molecule has 2 heterocycles. The van der Waals surface area contributed by atoms with Gasteiger partial charge in [0.2, 0.25) is 0 Å². The Morgan fingerprint density at radius 2 is 2.00 bits per heavy atom. The normalized spacial score (nSPS) is 12.0. The van der Waals surface area contributed by atoms with Gasteiger partial charge >= 0.3 is 0 Å². The van der Waals surface area contributed by atoms with E-state index in [2.05, 4.69) is 15.5 Å². The van der Waals surface area contributed by atoms with Crippen molar-refractivity contribution < 1.29 is 14.3 Å². The molecular formula is C17H18N4O3. The van der Waals surface area contributed by atoms with Crippen molar-refractivity contribution in [3.63, 3.8) is 0 Å². The van der Waals surface area contributed by atoms with Gasteiger partial charge in [-0.3, -0.25) is 9.20 Å². The quantitative estimate of drug-likeness (QED) is 0.778. The fourth-order valence-corrected chi connectivity index (χ4v) is 2.49. The van der Waals surface area contributed by atoms with Crippen molar-refractivity contribution in [3.8, 4) is 11.5 Å². The summed E-state index contributed by atoms with van der Waals surface area (Å²) in [6.45, 7) is 1.86. The molecule has 7 nitrogen and oxygen atoms in total. The molecule has 2 aromatic heterocycles. The molecule has 0 aliphatic carbocycles. The van der Waals surface area contributed by atoms with Gasteiger partial charge in [0.05, 0.1) is 25.8 Å². The number of hydrogen-bond donors (Lipinski definition) is 1. The summed E-state index contributed by atoms with van der Waals surface area (Å²) in [7, 11) is 3.07. The standard InChI is InChI=1S/C17H18N4O3/c1-11(16-20-19-15-6-4-5-9-21(15)16)18-17(22)13-10-12(23-2)7-8-14(13)24-3/h4-11H,1-3H3,(H,18,22). The highest BCUT2D eigenvalue weighted by Gasteiger charge is 2.19. The lowest BCUT2D eigenvalue weighted by Crippen LogP contribution is -2.28. The maximum Gasteiger partial charge on any atom is 0.255 e. The van der Waals surface area contributed by atoms with Crippen LogP contribution in [0.25, 0.3) is 5.65 Å². The topological polar surface area (TPSA) is 77.8 Å². The van der Waals surface area contributed by atoms with Crippen molar-refractivity contribution >= 4 is 11.6 Å². The van der Waals surface area contributed by atoms with Crippen LogP contribution < -0.4 is 14.8 Å². The van der Waals surface area contributed by atoms with Gasteiger partial charge in [-0.15, -0.1) is 10.2 Å². The van der Waals surface area contributed by atoms with Crippen LogP contribution in [-0.4, -0.2) is 34.7 Å².